The van der Waals surface area contributed by atoms with E-state index in [1.54, 1.807) is 36.4 Å². The predicted molar refractivity (Wildman–Crippen MR) is 183 cm³/mol. The van der Waals surface area contributed by atoms with Gasteiger partial charge in [0.15, 0.2) is 0 Å². The van der Waals surface area contributed by atoms with Crippen molar-refractivity contribution in [3.63, 3.8) is 0 Å². The molecule has 0 heterocycles. The van der Waals surface area contributed by atoms with Crippen LogP contribution in [0.2, 0.25) is 0 Å². The van der Waals surface area contributed by atoms with Crippen LogP contribution in [-0.2, 0) is 39.0 Å². The smallest absolute Gasteiger partial charge is 0.264 e. The van der Waals surface area contributed by atoms with E-state index < -0.39 is 28.5 Å². The lowest BCUT2D eigenvalue weighted by Crippen LogP contribution is -2.54. The fourth-order valence-electron chi connectivity index (χ4n) is 5.13. The molecule has 9 heteroatoms. The number of aryl methyl sites for hydroxylation is 2. The van der Waals surface area contributed by atoms with E-state index in [0.717, 1.165) is 26.7 Å². The molecule has 0 saturated carbocycles. The zero-order valence-corrected chi connectivity index (χ0v) is 28.5. The van der Waals surface area contributed by atoms with Crippen LogP contribution in [0, 0.1) is 6.92 Å². The number of anilines is 1. The molecule has 4 aromatic carbocycles. The lowest BCUT2D eigenvalue weighted by atomic mass is 10.0. The molecule has 0 unspecified atom stereocenters. The molecular formula is C36H40BrN3O4S. The van der Waals surface area contributed by atoms with Crippen LogP contribution in [0.1, 0.15) is 43.0 Å². The summed E-state index contributed by atoms with van der Waals surface area (Å²) in [6.45, 7) is 7.21. The van der Waals surface area contributed by atoms with Crippen LogP contribution in [0.3, 0.4) is 0 Å². The number of hydrogen-bond donors (Lipinski definition) is 1. The van der Waals surface area contributed by atoms with E-state index in [4.69, 9.17) is 0 Å². The van der Waals surface area contributed by atoms with Crippen LogP contribution in [0.15, 0.2) is 112 Å². The van der Waals surface area contributed by atoms with E-state index in [9.17, 15) is 18.0 Å². The number of para-hydroxylation sites is 1. The number of hydrogen-bond acceptors (Lipinski definition) is 4. The van der Waals surface area contributed by atoms with Crippen LogP contribution in [0.4, 0.5) is 5.69 Å². The van der Waals surface area contributed by atoms with Gasteiger partial charge < -0.3 is 10.2 Å². The fraction of sp³-hybridized carbons (Fsp3) is 0.278. The normalized spacial score (nSPS) is 12.0. The lowest BCUT2D eigenvalue weighted by Gasteiger charge is -2.34. The van der Waals surface area contributed by atoms with Gasteiger partial charge in [0.2, 0.25) is 11.8 Å². The van der Waals surface area contributed by atoms with Gasteiger partial charge in [-0.3, -0.25) is 13.9 Å². The molecular weight excluding hydrogens is 650 g/mol. The molecule has 45 heavy (non-hydrogen) atoms. The Morgan fingerprint density at radius 3 is 2.07 bits per heavy atom. The van der Waals surface area contributed by atoms with Gasteiger partial charge in [0.25, 0.3) is 10.0 Å². The number of nitrogens with zero attached hydrogens (tertiary/aromatic N) is 2. The van der Waals surface area contributed by atoms with Crippen molar-refractivity contribution in [2.45, 2.75) is 64.1 Å². The second-order valence-electron chi connectivity index (χ2n) is 11.3. The first-order valence-electron chi connectivity index (χ1n) is 15.0. The molecule has 1 atom stereocenters. The van der Waals surface area contributed by atoms with Gasteiger partial charge in [-0.25, -0.2) is 8.42 Å². The van der Waals surface area contributed by atoms with Gasteiger partial charge in [-0.1, -0.05) is 101 Å². The van der Waals surface area contributed by atoms with Crippen LogP contribution in [0.25, 0.3) is 0 Å². The van der Waals surface area contributed by atoms with Crippen molar-refractivity contribution in [2.24, 2.45) is 0 Å². The van der Waals surface area contributed by atoms with E-state index in [2.05, 4.69) is 21.2 Å². The quantitative estimate of drug-likeness (QED) is 0.170. The monoisotopic (exact) mass is 689 g/mol. The molecule has 0 aliphatic carbocycles. The SMILES string of the molecule is CCc1ccccc1N(CC(=O)N(Cc1ccc(Br)cc1)[C@H](Cc1ccccc1)C(=O)NC(C)C)S(=O)(=O)c1ccc(C)cc1. The van der Waals surface area contributed by atoms with Crippen molar-refractivity contribution in [1.29, 1.82) is 0 Å². The molecule has 4 rings (SSSR count). The number of carbonyl (C=O) groups is 2. The van der Waals surface area contributed by atoms with E-state index in [-0.39, 0.29) is 29.8 Å². The zero-order chi connectivity index (χ0) is 32.6. The number of nitrogens with one attached hydrogen (secondary N) is 1. The molecule has 0 fully saturated rings. The predicted octanol–water partition coefficient (Wildman–Crippen LogP) is 6.68. The van der Waals surface area contributed by atoms with Crippen molar-refractivity contribution in [3.05, 3.63) is 130 Å². The van der Waals surface area contributed by atoms with Gasteiger partial charge in [-0.2, -0.15) is 0 Å². The van der Waals surface area contributed by atoms with E-state index in [0.29, 0.717) is 12.1 Å². The lowest BCUT2D eigenvalue weighted by molar-refractivity contribution is -0.140. The summed E-state index contributed by atoms with van der Waals surface area (Å²) in [4.78, 5) is 30.0. The first-order valence-corrected chi connectivity index (χ1v) is 17.3. The summed E-state index contributed by atoms with van der Waals surface area (Å²) in [5.74, 6) is -0.791. The summed E-state index contributed by atoms with van der Waals surface area (Å²) in [5, 5.41) is 2.99. The maximum Gasteiger partial charge on any atom is 0.264 e. The van der Waals surface area contributed by atoms with E-state index >= 15 is 0 Å². The molecule has 0 aromatic heterocycles. The molecule has 0 bridgehead atoms. The maximum atomic E-state index is 14.6. The summed E-state index contributed by atoms with van der Waals surface area (Å²) in [5.41, 5.74) is 3.84. The van der Waals surface area contributed by atoms with Gasteiger partial charge in [-0.15, -0.1) is 0 Å². The number of benzene rings is 4. The third kappa shape index (κ3) is 8.83. The van der Waals surface area contributed by atoms with Crippen molar-refractivity contribution >= 4 is 43.5 Å². The van der Waals surface area contributed by atoms with Gasteiger partial charge in [-0.05, 0) is 74.2 Å². The standard InChI is InChI=1S/C36H40BrN3O4S/c1-5-30-13-9-10-14-33(30)40(45(43,44)32-21-15-27(4)16-22-32)25-35(41)39(24-29-17-19-31(37)20-18-29)34(36(42)38-26(2)3)23-28-11-7-6-8-12-28/h6-22,26,34H,5,23-25H2,1-4H3,(H,38,42)/t34-/m1/s1. The van der Waals surface area contributed by atoms with Crippen LogP contribution < -0.4 is 9.62 Å². The van der Waals surface area contributed by atoms with Crippen molar-refractivity contribution in [3.8, 4) is 0 Å². The molecule has 1 N–H and O–H groups in total. The minimum absolute atomic E-state index is 0.0876. The van der Waals surface area contributed by atoms with Crippen LogP contribution >= 0.6 is 15.9 Å². The number of amides is 2. The summed E-state index contributed by atoms with van der Waals surface area (Å²) in [7, 11) is -4.16. The first-order chi connectivity index (χ1) is 21.5. The number of sulfonamides is 1. The Balaban J connectivity index is 1.83. The Morgan fingerprint density at radius 2 is 1.44 bits per heavy atom. The topological polar surface area (TPSA) is 86.8 Å². The van der Waals surface area contributed by atoms with Crippen molar-refractivity contribution in [2.75, 3.05) is 10.8 Å². The Bertz CT molecular complexity index is 1690. The highest BCUT2D eigenvalue weighted by Crippen LogP contribution is 2.29. The largest absolute Gasteiger partial charge is 0.352 e. The molecule has 236 valence electrons. The van der Waals surface area contributed by atoms with Gasteiger partial charge >= 0.3 is 0 Å². The third-order valence-corrected chi connectivity index (χ3v) is 9.80. The van der Waals surface area contributed by atoms with Crippen molar-refractivity contribution < 1.29 is 18.0 Å². The van der Waals surface area contributed by atoms with Gasteiger partial charge in [0.05, 0.1) is 10.6 Å². The number of rotatable bonds is 13. The van der Waals surface area contributed by atoms with Gasteiger partial charge in [0, 0.05) is 23.5 Å². The van der Waals surface area contributed by atoms with Crippen LogP contribution in [-0.4, -0.2) is 43.8 Å². The zero-order valence-electron chi connectivity index (χ0n) is 26.1. The minimum Gasteiger partial charge on any atom is -0.352 e. The number of carbonyl (C=O) groups excluding carboxylic acids is 2. The second-order valence-corrected chi connectivity index (χ2v) is 14.1. The second kappa shape index (κ2) is 15.4. The Hall–Kier alpha value is -3.95. The highest BCUT2D eigenvalue weighted by Gasteiger charge is 2.35. The average molecular weight is 691 g/mol. The molecule has 4 aromatic rings. The molecule has 2 amide bonds. The molecule has 0 aliphatic rings. The molecule has 0 aliphatic heterocycles. The summed E-state index contributed by atoms with van der Waals surface area (Å²) < 4.78 is 30.6. The van der Waals surface area contributed by atoms with Crippen molar-refractivity contribution in [1.82, 2.24) is 10.2 Å². The molecule has 0 saturated heterocycles. The Labute approximate surface area is 275 Å². The first kappa shape index (κ1) is 33.9. The van der Waals surface area contributed by atoms with E-state index in [1.807, 2.05) is 94.4 Å². The average Bonchev–Trinajstić information content (AvgIpc) is 3.02. The Kier molecular flexibility index (Phi) is 11.6. The maximum absolute atomic E-state index is 14.6. The summed E-state index contributed by atoms with van der Waals surface area (Å²) in [6.07, 6.45) is 0.832. The van der Waals surface area contributed by atoms with Crippen LogP contribution in [0.5, 0.6) is 0 Å². The third-order valence-electron chi connectivity index (χ3n) is 7.50. The van der Waals surface area contributed by atoms with E-state index in [1.165, 1.54) is 9.21 Å². The minimum atomic E-state index is -4.16. The highest BCUT2D eigenvalue weighted by molar-refractivity contribution is 9.10. The Morgan fingerprint density at radius 1 is 0.822 bits per heavy atom. The fourth-order valence-corrected chi connectivity index (χ4v) is 6.84. The molecule has 0 spiro atoms. The summed E-state index contributed by atoms with van der Waals surface area (Å²) in [6, 6.07) is 29.8. The summed E-state index contributed by atoms with van der Waals surface area (Å²) >= 11 is 3.47. The molecule has 0 radical (unpaired) electrons. The molecule has 7 nitrogen and oxygen atoms in total. The van der Waals surface area contributed by atoms with Gasteiger partial charge in [0.1, 0.15) is 12.6 Å². The highest BCUT2D eigenvalue weighted by atomic mass is 79.9. The number of halogens is 1.